The SMILES string of the molecule is Nc1nnc(I)cc1C(=O)O. The molecule has 0 aliphatic rings. The van der Waals surface area contributed by atoms with Crippen molar-refractivity contribution in [1.29, 1.82) is 0 Å². The number of carboxylic acids is 1. The van der Waals surface area contributed by atoms with E-state index in [4.69, 9.17) is 10.8 Å². The molecule has 1 aromatic heterocycles. The third-order valence-electron chi connectivity index (χ3n) is 1.02. The lowest BCUT2D eigenvalue weighted by atomic mass is 10.3. The van der Waals surface area contributed by atoms with Crippen LogP contribution < -0.4 is 5.73 Å². The Bertz CT molecular complexity index is 302. The normalized spacial score (nSPS) is 9.55. The number of hydrogen-bond donors (Lipinski definition) is 2. The Morgan fingerprint density at radius 1 is 1.64 bits per heavy atom. The zero-order chi connectivity index (χ0) is 8.43. The first-order valence-corrected chi connectivity index (χ1v) is 3.71. The molecule has 0 atom stereocenters. The first-order chi connectivity index (χ1) is 5.11. The van der Waals surface area contributed by atoms with Gasteiger partial charge in [-0.25, -0.2) is 4.79 Å². The molecule has 0 amide bonds. The molecule has 0 saturated carbocycles. The number of anilines is 1. The van der Waals surface area contributed by atoms with Crippen LogP contribution in [0.4, 0.5) is 5.82 Å². The standard InChI is InChI=1S/C5H4IN3O2/c6-3-1-2(5(10)11)4(7)9-8-3/h1H,(H2,7,9)(H,10,11). The number of carboxylic acid groups (broad SMARTS) is 1. The molecule has 1 rings (SSSR count). The molecule has 0 saturated heterocycles. The third kappa shape index (κ3) is 1.76. The van der Waals surface area contributed by atoms with Crippen LogP contribution in [-0.4, -0.2) is 21.3 Å². The minimum Gasteiger partial charge on any atom is -0.478 e. The van der Waals surface area contributed by atoms with Crippen molar-refractivity contribution in [3.05, 3.63) is 15.3 Å². The molecule has 0 unspecified atom stereocenters. The fourth-order valence-electron chi connectivity index (χ4n) is 0.549. The minimum absolute atomic E-state index is 0.00981. The van der Waals surface area contributed by atoms with E-state index in [1.54, 1.807) is 0 Å². The summed E-state index contributed by atoms with van der Waals surface area (Å²) < 4.78 is 0.509. The van der Waals surface area contributed by atoms with Crippen molar-refractivity contribution in [2.24, 2.45) is 0 Å². The van der Waals surface area contributed by atoms with Gasteiger partial charge in [0.2, 0.25) is 0 Å². The van der Waals surface area contributed by atoms with Crippen molar-refractivity contribution in [2.45, 2.75) is 0 Å². The van der Waals surface area contributed by atoms with Gasteiger partial charge in [-0.2, -0.15) is 0 Å². The van der Waals surface area contributed by atoms with Gasteiger partial charge < -0.3 is 10.8 Å². The zero-order valence-electron chi connectivity index (χ0n) is 5.28. The van der Waals surface area contributed by atoms with Gasteiger partial charge in [0.05, 0.1) is 0 Å². The first-order valence-electron chi connectivity index (χ1n) is 2.63. The predicted molar refractivity (Wildman–Crippen MR) is 46.1 cm³/mol. The van der Waals surface area contributed by atoms with Gasteiger partial charge in [-0.15, -0.1) is 10.2 Å². The Morgan fingerprint density at radius 2 is 2.27 bits per heavy atom. The molecule has 1 aromatic rings. The van der Waals surface area contributed by atoms with Crippen LogP contribution in [0.3, 0.4) is 0 Å². The second-order valence-electron chi connectivity index (χ2n) is 1.77. The number of aromatic carboxylic acids is 1. The number of rotatable bonds is 1. The summed E-state index contributed by atoms with van der Waals surface area (Å²) in [6.45, 7) is 0. The van der Waals surface area contributed by atoms with Crippen LogP contribution in [0.1, 0.15) is 10.4 Å². The van der Waals surface area contributed by atoms with E-state index in [1.165, 1.54) is 6.07 Å². The molecule has 58 valence electrons. The van der Waals surface area contributed by atoms with Crippen molar-refractivity contribution in [2.75, 3.05) is 5.73 Å². The van der Waals surface area contributed by atoms with Crippen LogP contribution in [0.25, 0.3) is 0 Å². The van der Waals surface area contributed by atoms with Gasteiger partial charge in [-0.05, 0) is 28.7 Å². The number of aromatic nitrogens is 2. The van der Waals surface area contributed by atoms with Gasteiger partial charge in [-0.3, -0.25) is 0 Å². The Balaban J connectivity index is 3.23. The predicted octanol–water partition coefficient (Wildman–Crippen LogP) is 0.362. The van der Waals surface area contributed by atoms with Crippen LogP contribution >= 0.6 is 22.6 Å². The highest BCUT2D eigenvalue weighted by molar-refractivity contribution is 14.1. The Morgan fingerprint density at radius 3 is 2.73 bits per heavy atom. The van der Waals surface area contributed by atoms with E-state index in [0.717, 1.165) is 0 Å². The maximum atomic E-state index is 10.4. The highest BCUT2D eigenvalue weighted by Crippen LogP contribution is 2.09. The molecule has 6 heteroatoms. The lowest BCUT2D eigenvalue weighted by Gasteiger charge is -1.96. The molecule has 0 fully saturated rings. The summed E-state index contributed by atoms with van der Waals surface area (Å²) in [4.78, 5) is 10.4. The highest BCUT2D eigenvalue weighted by Gasteiger charge is 2.09. The zero-order valence-corrected chi connectivity index (χ0v) is 7.44. The first kappa shape index (κ1) is 8.18. The van der Waals surface area contributed by atoms with Crippen molar-refractivity contribution in [3.63, 3.8) is 0 Å². The summed E-state index contributed by atoms with van der Waals surface area (Å²) in [6.07, 6.45) is 0. The number of nitrogens with two attached hydrogens (primary N) is 1. The summed E-state index contributed by atoms with van der Waals surface area (Å²) in [5.74, 6) is -1.15. The van der Waals surface area contributed by atoms with Gasteiger partial charge in [0.1, 0.15) is 9.26 Å². The van der Waals surface area contributed by atoms with Crippen molar-refractivity contribution in [1.82, 2.24) is 10.2 Å². The molecule has 0 aliphatic heterocycles. The molecule has 5 nitrogen and oxygen atoms in total. The van der Waals surface area contributed by atoms with E-state index in [2.05, 4.69) is 10.2 Å². The highest BCUT2D eigenvalue weighted by atomic mass is 127. The molecule has 0 radical (unpaired) electrons. The molecule has 0 spiro atoms. The van der Waals surface area contributed by atoms with Crippen molar-refractivity contribution < 1.29 is 9.90 Å². The molecule has 11 heavy (non-hydrogen) atoms. The smallest absolute Gasteiger partial charge is 0.339 e. The largest absolute Gasteiger partial charge is 0.478 e. The van der Waals surface area contributed by atoms with Crippen LogP contribution in [0.15, 0.2) is 6.07 Å². The summed E-state index contributed by atoms with van der Waals surface area (Å²) in [6, 6.07) is 1.37. The van der Waals surface area contributed by atoms with Crippen LogP contribution in [0.2, 0.25) is 0 Å². The molecule has 3 N–H and O–H groups in total. The summed E-state index contributed by atoms with van der Waals surface area (Å²) in [7, 11) is 0. The summed E-state index contributed by atoms with van der Waals surface area (Å²) in [5, 5.41) is 15.5. The monoisotopic (exact) mass is 265 g/mol. The Kier molecular flexibility index (Phi) is 2.22. The van der Waals surface area contributed by atoms with E-state index >= 15 is 0 Å². The fourth-order valence-corrected chi connectivity index (χ4v) is 0.968. The van der Waals surface area contributed by atoms with Gasteiger partial charge in [-0.1, -0.05) is 0 Å². The lowest BCUT2D eigenvalue weighted by molar-refractivity contribution is 0.0697. The molecule has 0 bridgehead atoms. The van der Waals surface area contributed by atoms with Crippen LogP contribution in [0.5, 0.6) is 0 Å². The van der Waals surface area contributed by atoms with E-state index in [9.17, 15) is 4.79 Å². The molecular formula is C5H4IN3O2. The molecule has 0 aliphatic carbocycles. The maximum absolute atomic E-state index is 10.4. The van der Waals surface area contributed by atoms with E-state index in [1.807, 2.05) is 22.6 Å². The van der Waals surface area contributed by atoms with E-state index in [0.29, 0.717) is 3.70 Å². The molecule has 0 aromatic carbocycles. The van der Waals surface area contributed by atoms with Gasteiger partial charge in [0.15, 0.2) is 5.82 Å². The summed E-state index contributed by atoms with van der Waals surface area (Å²) in [5.41, 5.74) is 5.22. The second kappa shape index (κ2) is 2.99. The Hall–Kier alpha value is -0.920. The number of nitrogens with zero attached hydrogens (tertiary/aromatic N) is 2. The number of hydrogen-bond acceptors (Lipinski definition) is 4. The third-order valence-corrected chi connectivity index (χ3v) is 1.55. The topological polar surface area (TPSA) is 89.1 Å². The Labute approximate surface area is 75.8 Å². The van der Waals surface area contributed by atoms with Crippen LogP contribution in [-0.2, 0) is 0 Å². The van der Waals surface area contributed by atoms with E-state index in [-0.39, 0.29) is 11.4 Å². The van der Waals surface area contributed by atoms with E-state index < -0.39 is 5.97 Å². The number of carbonyl (C=O) groups is 1. The van der Waals surface area contributed by atoms with Crippen molar-refractivity contribution in [3.8, 4) is 0 Å². The lowest BCUT2D eigenvalue weighted by Crippen LogP contribution is -2.06. The second-order valence-corrected chi connectivity index (χ2v) is 2.88. The van der Waals surface area contributed by atoms with Gasteiger partial charge in [0, 0.05) is 0 Å². The van der Waals surface area contributed by atoms with Gasteiger partial charge >= 0.3 is 5.97 Å². The fraction of sp³-hybridized carbons (Fsp3) is 0. The number of nitrogen functional groups attached to an aromatic ring is 1. The summed E-state index contributed by atoms with van der Waals surface area (Å²) >= 11 is 1.86. The van der Waals surface area contributed by atoms with Crippen LogP contribution in [0, 0.1) is 3.70 Å². The molecular weight excluding hydrogens is 261 g/mol. The minimum atomic E-state index is -1.09. The van der Waals surface area contributed by atoms with Gasteiger partial charge in [0.25, 0.3) is 0 Å². The number of halogens is 1. The average molecular weight is 265 g/mol. The molecule has 1 heterocycles. The maximum Gasteiger partial charge on any atom is 0.339 e. The quantitative estimate of drug-likeness (QED) is 0.715. The van der Waals surface area contributed by atoms with Crippen molar-refractivity contribution >= 4 is 34.4 Å². The average Bonchev–Trinajstić information content (AvgIpc) is 1.94.